The van der Waals surface area contributed by atoms with Gasteiger partial charge in [0.15, 0.2) is 0 Å². The van der Waals surface area contributed by atoms with E-state index in [1.165, 1.54) is 12.8 Å². The van der Waals surface area contributed by atoms with E-state index in [2.05, 4.69) is 17.1 Å². The van der Waals surface area contributed by atoms with Gasteiger partial charge in [0.05, 0.1) is 0 Å². The van der Waals surface area contributed by atoms with Gasteiger partial charge in [-0.1, -0.05) is 19.8 Å². The van der Waals surface area contributed by atoms with Gasteiger partial charge in [0, 0.05) is 46.2 Å². The summed E-state index contributed by atoms with van der Waals surface area (Å²) in [6.45, 7) is 8.60. The van der Waals surface area contributed by atoms with Crippen molar-refractivity contribution in [2.75, 3.05) is 46.3 Å². The molecule has 0 saturated carbocycles. The maximum Gasteiger partial charge on any atom is 0.222 e. The average Bonchev–Trinajstić information content (AvgIpc) is 2.40. The van der Waals surface area contributed by atoms with Crippen LogP contribution in [-0.4, -0.2) is 62.0 Å². The van der Waals surface area contributed by atoms with Crippen LogP contribution in [0.2, 0.25) is 0 Å². The quantitative estimate of drug-likeness (QED) is 0.665. The molecule has 1 saturated heterocycles. The zero-order valence-corrected chi connectivity index (χ0v) is 12.1. The minimum atomic E-state index is 0.307. The molecular weight excluding hydrogens is 226 g/mol. The fourth-order valence-corrected chi connectivity index (χ4v) is 2.30. The standard InChI is InChI=1S/C14H29N3O/c1-3-4-5-10-16(2)14(18)7-6-11-17-12-8-15-9-13-17/h15H,3-13H2,1-2H3. The summed E-state index contributed by atoms with van der Waals surface area (Å²) in [5.74, 6) is 0.307. The van der Waals surface area contributed by atoms with E-state index >= 15 is 0 Å². The van der Waals surface area contributed by atoms with Crippen molar-refractivity contribution in [3.63, 3.8) is 0 Å². The molecule has 1 rings (SSSR count). The molecule has 1 aliphatic heterocycles. The number of carbonyl (C=O) groups is 1. The maximum absolute atomic E-state index is 11.9. The van der Waals surface area contributed by atoms with Gasteiger partial charge in [0.2, 0.25) is 5.91 Å². The first-order chi connectivity index (χ1) is 8.74. The topological polar surface area (TPSA) is 35.6 Å². The molecule has 1 amide bonds. The number of hydrogen-bond acceptors (Lipinski definition) is 3. The summed E-state index contributed by atoms with van der Waals surface area (Å²) < 4.78 is 0. The predicted molar refractivity (Wildman–Crippen MR) is 75.7 cm³/mol. The monoisotopic (exact) mass is 255 g/mol. The first-order valence-corrected chi connectivity index (χ1v) is 7.41. The van der Waals surface area contributed by atoms with Crippen molar-refractivity contribution in [1.29, 1.82) is 0 Å². The fraction of sp³-hybridized carbons (Fsp3) is 0.929. The van der Waals surface area contributed by atoms with Crippen molar-refractivity contribution in [2.45, 2.75) is 39.0 Å². The van der Waals surface area contributed by atoms with Gasteiger partial charge in [-0.2, -0.15) is 0 Å². The van der Waals surface area contributed by atoms with Gasteiger partial charge in [-0.25, -0.2) is 0 Å². The minimum absolute atomic E-state index is 0.307. The summed E-state index contributed by atoms with van der Waals surface area (Å²) in [5, 5.41) is 3.34. The summed E-state index contributed by atoms with van der Waals surface area (Å²) in [5.41, 5.74) is 0. The molecule has 1 heterocycles. The van der Waals surface area contributed by atoms with Crippen LogP contribution >= 0.6 is 0 Å². The Hall–Kier alpha value is -0.610. The SMILES string of the molecule is CCCCCN(C)C(=O)CCCN1CCNCC1. The number of rotatable bonds is 8. The van der Waals surface area contributed by atoms with E-state index in [9.17, 15) is 4.79 Å². The smallest absolute Gasteiger partial charge is 0.222 e. The van der Waals surface area contributed by atoms with Crippen molar-refractivity contribution < 1.29 is 4.79 Å². The Morgan fingerprint density at radius 3 is 2.61 bits per heavy atom. The average molecular weight is 255 g/mol. The third-order valence-electron chi connectivity index (χ3n) is 3.60. The fourth-order valence-electron chi connectivity index (χ4n) is 2.30. The lowest BCUT2D eigenvalue weighted by Crippen LogP contribution is -2.43. The van der Waals surface area contributed by atoms with Gasteiger partial charge in [0.25, 0.3) is 0 Å². The summed E-state index contributed by atoms with van der Waals surface area (Å²) in [6, 6.07) is 0. The van der Waals surface area contributed by atoms with E-state index in [0.29, 0.717) is 12.3 Å². The van der Waals surface area contributed by atoms with E-state index in [0.717, 1.165) is 52.1 Å². The zero-order valence-electron chi connectivity index (χ0n) is 12.1. The first-order valence-electron chi connectivity index (χ1n) is 7.41. The molecule has 0 aromatic carbocycles. The highest BCUT2D eigenvalue weighted by molar-refractivity contribution is 5.75. The molecule has 0 aromatic heterocycles. The van der Waals surface area contributed by atoms with Crippen LogP contribution in [0, 0.1) is 0 Å². The first kappa shape index (κ1) is 15.4. The lowest BCUT2D eigenvalue weighted by molar-refractivity contribution is -0.130. The molecule has 0 atom stereocenters. The van der Waals surface area contributed by atoms with Crippen molar-refractivity contribution in [3.05, 3.63) is 0 Å². The number of hydrogen-bond donors (Lipinski definition) is 1. The predicted octanol–water partition coefficient (Wildman–Crippen LogP) is 1.32. The molecule has 0 unspecified atom stereocenters. The molecule has 0 bridgehead atoms. The normalized spacial score (nSPS) is 16.8. The van der Waals surface area contributed by atoms with Crippen LogP contribution in [0.1, 0.15) is 39.0 Å². The largest absolute Gasteiger partial charge is 0.346 e. The Kier molecular flexibility index (Phi) is 8.01. The lowest BCUT2D eigenvalue weighted by Gasteiger charge is -2.27. The highest BCUT2D eigenvalue weighted by Gasteiger charge is 2.11. The van der Waals surface area contributed by atoms with Crippen LogP contribution in [0.4, 0.5) is 0 Å². The van der Waals surface area contributed by atoms with Gasteiger partial charge >= 0.3 is 0 Å². The van der Waals surface area contributed by atoms with Crippen molar-refractivity contribution in [2.24, 2.45) is 0 Å². The second kappa shape index (κ2) is 9.34. The van der Waals surface area contributed by atoms with Gasteiger partial charge in [-0.05, 0) is 19.4 Å². The molecule has 1 fully saturated rings. The van der Waals surface area contributed by atoms with Gasteiger partial charge in [-0.3, -0.25) is 4.79 Å². The molecule has 0 aliphatic carbocycles. The molecule has 106 valence electrons. The number of piperazine rings is 1. The minimum Gasteiger partial charge on any atom is -0.346 e. The third-order valence-corrected chi connectivity index (χ3v) is 3.60. The van der Waals surface area contributed by atoms with E-state index in [1.807, 2.05) is 11.9 Å². The van der Waals surface area contributed by atoms with E-state index in [1.54, 1.807) is 0 Å². The highest BCUT2D eigenvalue weighted by atomic mass is 16.2. The zero-order chi connectivity index (χ0) is 13.2. The highest BCUT2D eigenvalue weighted by Crippen LogP contribution is 2.02. The van der Waals surface area contributed by atoms with Gasteiger partial charge in [0.1, 0.15) is 0 Å². The van der Waals surface area contributed by atoms with Crippen LogP contribution in [-0.2, 0) is 4.79 Å². The van der Waals surface area contributed by atoms with Crippen molar-refractivity contribution in [3.8, 4) is 0 Å². The Balaban J connectivity index is 2.04. The number of unbranched alkanes of at least 4 members (excludes halogenated alkanes) is 2. The second-order valence-electron chi connectivity index (χ2n) is 5.22. The van der Waals surface area contributed by atoms with Crippen LogP contribution < -0.4 is 5.32 Å². The Morgan fingerprint density at radius 2 is 1.94 bits per heavy atom. The van der Waals surface area contributed by atoms with Crippen molar-refractivity contribution in [1.82, 2.24) is 15.1 Å². The van der Waals surface area contributed by atoms with Crippen LogP contribution in [0.25, 0.3) is 0 Å². The van der Waals surface area contributed by atoms with Crippen LogP contribution in [0.3, 0.4) is 0 Å². The summed E-state index contributed by atoms with van der Waals surface area (Å²) in [7, 11) is 1.93. The number of nitrogens with one attached hydrogen (secondary N) is 1. The summed E-state index contributed by atoms with van der Waals surface area (Å²) in [6.07, 6.45) is 5.27. The number of carbonyl (C=O) groups excluding carboxylic acids is 1. The Morgan fingerprint density at radius 1 is 1.22 bits per heavy atom. The van der Waals surface area contributed by atoms with E-state index < -0.39 is 0 Å². The lowest BCUT2D eigenvalue weighted by atomic mass is 10.2. The molecule has 1 aliphatic rings. The van der Waals surface area contributed by atoms with Gasteiger partial charge < -0.3 is 15.1 Å². The Labute approximate surface area is 112 Å². The number of nitrogens with zero attached hydrogens (tertiary/aromatic N) is 2. The van der Waals surface area contributed by atoms with Gasteiger partial charge in [-0.15, -0.1) is 0 Å². The molecule has 0 spiro atoms. The molecule has 4 heteroatoms. The summed E-state index contributed by atoms with van der Waals surface area (Å²) >= 11 is 0. The molecule has 0 radical (unpaired) electrons. The van der Waals surface area contributed by atoms with Crippen LogP contribution in [0.15, 0.2) is 0 Å². The third kappa shape index (κ3) is 6.36. The second-order valence-corrected chi connectivity index (χ2v) is 5.22. The maximum atomic E-state index is 11.9. The molecule has 0 aromatic rings. The van der Waals surface area contributed by atoms with Crippen molar-refractivity contribution >= 4 is 5.91 Å². The van der Waals surface area contributed by atoms with E-state index in [4.69, 9.17) is 0 Å². The number of amides is 1. The molecule has 18 heavy (non-hydrogen) atoms. The van der Waals surface area contributed by atoms with E-state index in [-0.39, 0.29) is 0 Å². The Bertz CT molecular complexity index is 227. The summed E-state index contributed by atoms with van der Waals surface area (Å²) in [4.78, 5) is 16.2. The molecule has 1 N–H and O–H groups in total. The van der Waals surface area contributed by atoms with Crippen LogP contribution in [0.5, 0.6) is 0 Å². The molecular formula is C14H29N3O. The molecule has 4 nitrogen and oxygen atoms in total.